The molecule has 0 saturated heterocycles. The van der Waals surface area contributed by atoms with Gasteiger partial charge in [0.05, 0.1) is 17.6 Å². The lowest BCUT2D eigenvalue weighted by atomic mass is 10.3. The van der Waals surface area contributed by atoms with Gasteiger partial charge in [0, 0.05) is 0 Å². The van der Waals surface area contributed by atoms with Crippen molar-refractivity contribution in [2.24, 2.45) is 5.73 Å². The third kappa shape index (κ3) is 4.55. The van der Waals surface area contributed by atoms with Crippen LogP contribution in [0.1, 0.15) is 13.8 Å². The highest BCUT2D eigenvalue weighted by Gasteiger charge is 2.08. The molecule has 0 aromatic rings. The smallest absolute Gasteiger partial charge is 0.407 e. The number of carbonyl (C=O) groups is 1. The van der Waals surface area contributed by atoms with E-state index < -0.39 is 6.09 Å². The van der Waals surface area contributed by atoms with Crippen LogP contribution in [0.3, 0.4) is 0 Å². The Morgan fingerprint density at radius 1 is 1.82 bits per heavy atom. The highest BCUT2D eigenvalue weighted by molar-refractivity contribution is 7.80. The van der Waals surface area contributed by atoms with E-state index in [-0.39, 0.29) is 11.0 Å². The van der Waals surface area contributed by atoms with Crippen molar-refractivity contribution in [1.29, 1.82) is 0 Å². The molecular weight excluding hydrogens is 164 g/mol. The van der Waals surface area contributed by atoms with Gasteiger partial charge in [-0.25, -0.2) is 4.79 Å². The fourth-order valence-corrected chi connectivity index (χ4v) is 0.480. The topological polar surface area (TPSA) is 64.3 Å². The summed E-state index contributed by atoms with van der Waals surface area (Å²) in [6, 6.07) is -0.316. The van der Waals surface area contributed by atoms with Gasteiger partial charge < -0.3 is 15.8 Å². The second-order valence-electron chi connectivity index (χ2n) is 1.99. The summed E-state index contributed by atoms with van der Waals surface area (Å²) in [4.78, 5) is 11.0. The van der Waals surface area contributed by atoms with Gasteiger partial charge >= 0.3 is 6.09 Å². The van der Waals surface area contributed by atoms with Crippen molar-refractivity contribution in [2.75, 3.05) is 6.61 Å². The van der Waals surface area contributed by atoms with E-state index in [2.05, 4.69) is 22.3 Å². The average molecular weight is 176 g/mol. The van der Waals surface area contributed by atoms with E-state index >= 15 is 0 Å². The zero-order valence-corrected chi connectivity index (χ0v) is 7.40. The first-order valence-electron chi connectivity index (χ1n) is 3.30. The minimum absolute atomic E-state index is 0.248. The van der Waals surface area contributed by atoms with Crippen LogP contribution < -0.4 is 11.1 Å². The number of rotatable bonds is 3. The summed E-state index contributed by atoms with van der Waals surface area (Å²) in [6.45, 7) is 3.76. The van der Waals surface area contributed by atoms with Crippen LogP contribution in [0.25, 0.3) is 0 Å². The first kappa shape index (κ1) is 10.2. The van der Waals surface area contributed by atoms with Crippen LogP contribution in [0, 0.1) is 0 Å². The Bertz CT molecular complexity index is 161. The number of thiocarbonyl (C=S) groups is 1. The van der Waals surface area contributed by atoms with Gasteiger partial charge in [0.1, 0.15) is 0 Å². The van der Waals surface area contributed by atoms with Crippen LogP contribution in [0.4, 0.5) is 4.79 Å². The van der Waals surface area contributed by atoms with E-state index in [1.807, 2.05) is 0 Å². The Kier molecular flexibility index (Phi) is 4.52. The Balaban J connectivity index is 3.66. The van der Waals surface area contributed by atoms with Gasteiger partial charge in [0.25, 0.3) is 0 Å². The van der Waals surface area contributed by atoms with Gasteiger partial charge in [-0.15, -0.1) is 0 Å². The lowest BCUT2D eigenvalue weighted by Crippen LogP contribution is -2.41. The first-order valence-corrected chi connectivity index (χ1v) is 3.71. The third-order valence-electron chi connectivity index (χ3n) is 1.04. The Morgan fingerprint density at radius 3 is 2.73 bits per heavy atom. The molecule has 0 aromatic carbocycles. The van der Waals surface area contributed by atoms with Gasteiger partial charge in [0.2, 0.25) is 0 Å². The fraction of sp³-hybridized carbons (Fsp3) is 0.667. The molecule has 0 fully saturated rings. The number of hydrogen-bond acceptors (Lipinski definition) is 3. The fourth-order valence-electron chi connectivity index (χ4n) is 0.421. The van der Waals surface area contributed by atoms with Crippen molar-refractivity contribution in [1.82, 2.24) is 5.32 Å². The quantitative estimate of drug-likeness (QED) is 0.611. The molecule has 0 aliphatic heterocycles. The van der Waals surface area contributed by atoms with Crippen molar-refractivity contribution in [3.63, 3.8) is 0 Å². The van der Waals surface area contributed by atoms with Crippen molar-refractivity contribution < 1.29 is 9.53 Å². The Morgan fingerprint density at radius 2 is 2.36 bits per heavy atom. The monoisotopic (exact) mass is 176 g/mol. The molecule has 0 radical (unpaired) electrons. The molecule has 0 spiro atoms. The molecule has 11 heavy (non-hydrogen) atoms. The van der Waals surface area contributed by atoms with Gasteiger partial charge in [-0.1, -0.05) is 12.2 Å². The minimum atomic E-state index is -0.493. The maximum absolute atomic E-state index is 10.7. The van der Waals surface area contributed by atoms with Gasteiger partial charge in [-0.2, -0.15) is 0 Å². The first-order chi connectivity index (χ1) is 5.07. The summed E-state index contributed by atoms with van der Waals surface area (Å²) in [5.74, 6) is 0. The number of amides is 1. The standard InChI is InChI=1S/C6H12N2O2S/c1-3-10-6(9)8-4(2)5(7)11/h4H,3H2,1-2H3,(H2,7,11)(H,8,9). The summed E-state index contributed by atoms with van der Waals surface area (Å²) in [7, 11) is 0. The molecule has 0 bridgehead atoms. The number of nitrogens with two attached hydrogens (primary N) is 1. The van der Waals surface area contributed by atoms with E-state index in [0.717, 1.165) is 0 Å². The zero-order chi connectivity index (χ0) is 8.85. The lowest BCUT2D eigenvalue weighted by molar-refractivity contribution is 0.151. The molecule has 0 aromatic heterocycles. The zero-order valence-electron chi connectivity index (χ0n) is 6.59. The van der Waals surface area contributed by atoms with E-state index in [9.17, 15) is 4.79 Å². The van der Waals surface area contributed by atoms with Crippen molar-refractivity contribution >= 4 is 23.3 Å². The predicted octanol–water partition coefficient (Wildman–Crippen LogP) is 0.407. The largest absolute Gasteiger partial charge is 0.450 e. The lowest BCUT2D eigenvalue weighted by Gasteiger charge is -2.10. The van der Waals surface area contributed by atoms with E-state index in [1.165, 1.54) is 0 Å². The summed E-state index contributed by atoms with van der Waals surface area (Å²) >= 11 is 4.63. The summed E-state index contributed by atoms with van der Waals surface area (Å²) in [6.07, 6.45) is -0.493. The van der Waals surface area contributed by atoms with Crippen LogP contribution >= 0.6 is 12.2 Å². The molecular formula is C6H12N2O2S. The molecule has 0 aliphatic carbocycles. The molecule has 0 heterocycles. The summed E-state index contributed by atoms with van der Waals surface area (Å²) in [5.41, 5.74) is 5.24. The van der Waals surface area contributed by atoms with Crippen LogP contribution in [0.5, 0.6) is 0 Å². The number of alkyl carbamates (subject to hydrolysis) is 1. The summed E-state index contributed by atoms with van der Waals surface area (Å²) in [5, 5.41) is 2.45. The van der Waals surface area contributed by atoms with Gasteiger partial charge in [-0.05, 0) is 13.8 Å². The normalized spacial score (nSPS) is 11.8. The highest BCUT2D eigenvalue weighted by Crippen LogP contribution is 1.84. The van der Waals surface area contributed by atoms with Crippen molar-refractivity contribution in [3.05, 3.63) is 0 Å². The Hall–Kier alpha value is -0.840. The number of hydrogen-bond donors (Lipinski definition) is 2. The maximum Gasteiger partial charge on any atom is 0.407 e. The van der Waals surface area contributed by atoms with Crippen molar-refractivity contribution in [2.45, 2.75) is 19.9 Å². The SMILES string of the molecule is CCOC(=O)NC(C)C(N)=S. The molecule has 0 aliphatic rings. The molecule has 5 heteroatoms. The van der Waals surface area contributed by atoms with Crippen molar-refractivity contribution in [3.8, 4) is 0 Å². The van der Waals surface area contributed by atoms with E-state index in [1.54, 1.807) is 13.8 Å². The molecule has 3 N–H and O–H groups in total. The molecule has 0 rings (SSSR count). The molecule has 1 atom stereocenters. The highest BCUT2D eigenvalue weighted by atomic mass is 32.1. The van der Waals surface area contributed by atoms with Crippen LogP contribution in [0.15, 0.2) is 0 Å². The van der Waals surface area contributed by atoms with E-state index in [4.69, 9.17) is 5.73 Å². The number of ether oxygens (including phenoxy) is 1. The Labute approximate surface area is 71.1 Å². The predicted molar refractivity (Wildman–Crippen MR) is 46.4 cm³/mol. The second kappa shape index (κ2) is 4.90. The van der Waals surface area contributed by atoms with Crippen LogP contribution in [0.2, 0.25) is 0 Å². The average Bonchev–Trinajstić information content (AvgIpc) is 1.87. The third-order valence-corrected chi connectivity index (χ3v) is 1.39. The second-order valence-corrected chi connectivity index (χ2v) is 2.46. The maximum atomic E-state index is 10.7. The number of carbonyl (C=O) groups excluding carboxylic acids is 1. The van der Waals surface area contributed by atoms with Gasteiger partial charge in [0.15, 0.2) is 0 Å². The van der Waals surface area contributed by atoms with E-state index in [0.29, 0.717) is 6.61 Å². The molecule has 1 unspecified atom stereocenters. The van der Waals surface area contributed by atoms with Crippen LogP contribution in [-0.4, -0.2) is 23.7 Å². The molecule has 0 saturated carbocycles. The summed E-state index contributed by atoms with van der Waals surface area (Å²) < 4.78 is 4.60. The molecule has 4 nitrogen and oxygen atoms in total. The minimum Gasteiger partial charge on any atom is -0.450 e. The molecule has 64 valence electrons. The molecule has 1 amide bonds. The van der Waals surface area contributed by atoms with Crippen LogP contribution in [-0.2, 0) is 4.74 Å². The number of nitrogens with one attached hydrogen (secondary N) is 1. The van der Waals surface area contributed by atoms with Gasteiger partial charge in [-0.3, -0.25) is 0 Å².